The highest BCUT2D eigenvalue weighted by molar-refractivity contribution is 6.31. The number of rotatable bonds is 7. The number of hydrogen-bond donors (Lipinski definition) is 1. The molecule has 0 spiro atoms. The van der Waals surface area contributed by atoms with Crippen molar-refractivity contribution in [2.24, 2.45) is 0 Å². The predicted molar refractivity (Wildman–Crippen MR) is 122 cm³/mol. The second kappa shape index (κ2) is 11.0. The lowest BCUT2D eigenvalue weighted by Crippen LogP contribution is -2.50. The standard InChI is InChI=1S/C24H27Cl2FN2O2/c1-16(24(31)28-19-9-3-2-4-10-19)29(15-17-7-5-8-18(25)13-17)23(30)14-20-21(26)11-6-12-22(20)27/h5-8,11-13,16,19H,2-4,9-10,14-15H2,1H3,(H,28,31). The lowest BCUT2D eigenvalue weighted by Gasteiger charge is -2.31. The number of carbonyl (C=O) groups is 2. The molecule has 4 nitrogen and oxygen atoms in total. The van der Waals surface area contributed by atoms with E-state index in [4.69, 9.17) is 23.2 Å². The van der Waals surface area contributed by atoms with Crippen molar-refractivity contribution in [3.8, 4) is 0 Å². The number of nitrogens with one attached hydrogen (secondary N) is 1. The first-order valence-electron chi connectivity index (χ1n) is 10.6. The summed E-state index contributed by atoms with van der Waals surface area (Å²) < 4.78 is 14.3. The maximum atomic E-state index is 14.3. The zero-order chi connectivity index (χ0) is 22.4. The van der Waals surface area contributed by atoms with Crippen molar-refractivity contribution in [1.29, 1.82) is 0 Å². The number of amides is 2. The Bertz CT molecular complexity index is 911. The molecular formula is C24H27Cl2FN2O2. The highest BCUT2D eigenvalue weighted by atomic mass is 35.5. The predicted octanol–water partition coefficient (Wildman–Crippen LogP) is 5.54. The van der Waals surface area contributed by atoms with Gasteiger partial charge in [-0.15, -0.1) is 0 Å². The summed E-state index contributed by atoms with van der Waals surface area (Å²) in [7, 11) is 0. The Kier molecular flexibility index (Phi) is 8.33. The zero-order valence-electron chi connectivity index (χ0n) is 17.5. The molecule has 166 valence electrons. The smallest absolute Gasteiger partial charge is 0.242 e. The van der Waals surface area contributed by atoms with Crippen molar-refractivity contribution in [2.75, 3.05) is 0 Å². The van der Waals surface area contributed by atoms with Crippen molar-refractivity contribution in [3.05, 3.63) is 69.5 Å². The maximum absolute atomic E-state index is 14.3. The Balaban J connectivity index is 1.80. The average molecular weight is 465 g/mol. The Hall–Kier alpha value is -2.11. The molecule has 1 saturated carbocycles. The number of hydrogen-bond acceptors (Lipinski definition) is 2. The lowest BCUT2D eigenvalue weighted by atomic mass is 9.95. The molecule has 1 unspecified atom stereocenters. The summed E-state index contributed by atoms with van der Waals surface area (Å²) >= 11 is 12.2. The molecule has 31 heavy (non-hydrogen) atoms. The van der Waals surface area contributed by atoms with E-state index in [0.29, 0.717) is 5.02 Å². The Labute approximate surface area is 192 Å². The van der Waals surface area contributed by atoms with Crippen LogP contribution in [0.1, 0.15) is 50.2 Å². The van der Waals surface area contributed by atoms with Gasteiger partial charge in [0.15, 0.2) is 0 Å². The van der Waals surface area contributed by atoms with E-state index in [2.05, 4.69) is 5.32 Å². The topological polar surface area (TPSA) is 49.4 Å². The molecule has 0 aromatic heterocycles. The van der Waals surface area contributed by atoms with Crippen LogP contribution in [-0.4, -0.2) is 28.8 Å². The van der Waals surface area contributed by atoms with Gasteiger partial charge in [0, 0.05) is 28.2 Å². The summed E-state index contributed by atoms with van der Waals surface area (Å²) in [6.45, 7) is 1.88. The largest absolute Gasteiger partial charge is 0.352 e. The molecule has 1 aliphatic carbocycles. The van der Waals surface area contributed by atoms with Crippen molar-refractivity contribution in [1.82, 2.24) is 10.2 Å². The first-order chi connectivity index (χ1) is 14.8. The third-order valence-corrected chi connectivity index (χ3v) is 6.34. The van der Waals surface area contributed by atoms with E-state index in [-0.39, 0.29) is 41.4 Å². The van der Waals surface area contributed by atoms with E-state index < -0.39 is 11.9 Å². The second-order valence-electron chi connectivity index (χ2n) is 8.05. The molecule has 2 amide bonds. The van der Waals surface area contributed by atoms with Crippen molar-refractivity contribution < 1.29 is 14.0 Å². The maximum Gasteiger partial charge on any atom is 0.242 e. The van der Waals surface area contributed by atoms with Gasteiger partial charge in [0.2, 0.25) is 11.8 Å². The fourth-order valence-corrected chi connectivity index (χ4v) is 4.38. The fraction of sp³-hybridized carbons (Fsp3) is 0.417. The Morgan fingerprint density at radius 2 is 1.84 bits per heavy atom. The quantitative estimate of drug-likeness (QED) is 0.584. The molecule has 0 radical (unpaired) electrons. The van der Waals surface area contributed by atoms with Gasteiger partial charge in [0.25, 0.3) is 0 Å². The van der Waals surface area contributed by atoms with Crippen LogP contribution in [0.3, 0.4) is 0 Å². The minimum atomic E-state index is -0.723. The van der Waals surface area contributed by atoms with Crippen LogP contribution >= 0.6 is 23.2 Å². The van der Waals surface area contributed by atoms with Gasteiger partial charge < -0.3 is 10.2 Å². The Morgan fingerprint density at radius 3 is 2.52 bits per heavy atom. The van der Waals surface area contributed by atoms with Crippen LogP contribution in [-0.2, 0) is 22.6 Å². The lowest BCUT2D eigenvalue weighted by molar-refractivity contribution is -0.140. The summed E-state index contributed by atoms with van der Waals surface area (Å²) in [4.78, 5) is 27.7. The average Bonchev–Trinajstić information content (AvgIpc) is 2.75. The highest BCUT2D eigenvalue weighted by Gasteiger charge is 2.29. The summed E-state index contributed by atoms with van der Waals surface area (Å²) in [6, 6.07) is 10.9. The van der Waals surface area contributed by atoms with Crippen LogP contribution in [0, 0.1) is 5.82 Å². The molecule has 2 aromatic carbocycles. The fourth-order valence-electron chi connectivity index (χ4n) is 3.94. The van der Waals surface area contributed by atoms with Gasteiger partial charge in [-0.1, -0.05) is 60.7 Å². The van der Waals surface area contributed by atoms with E-state index in [0.717, 1.165) is 31.2 Å². The van der Waals surface area contributed by atoms with Crippen LogP contribution in [0.15, 0.2) is 42.5 Å². The molecular weight excluding hydrogens is 438 g/mol. The van der Waals surface area contributed by atoms with Gasteiger partial charge in [-0.2, -0.15) is 0 Å². The molecule has 0 heterocycles. The van der Waals surface area contributed by atoms with Gasteiger partial charge in [-0.05, 0) is 49.6 Å². The van der Waals surface area contributed by atoms with Crippen LogP contribution in [0.25, 0.3) is 0 Å². The summed E-state index contributed by atoms with van der Waals surface area (Å²) in [6.07, 6.45) is 5.04. The SMILES string of the molecule is CC(C(=O)NC1CCCCC1)N(Cc1cccc(Cl)c1)C(=O)Cc1c(F)cccc1Cl. The molecule has 7 heteroatoms. The minimum Gasteiger partial charge on any atom is -0.352 e. The third kappa shape index (κ3) is 6.44. The van der Waals surface area contributed by atoms with Crippen molar-refractivity contribution >= 4 is 35.0 Å². The molecule has 0 aliphatic heterocycles. The molecule has 2 aromatic rings. The van der Waals surface area contributed by atoms with Crippen molar-refractivity contribution in [3.63, 3.8) is 0 Å². The molecule has 3 rings (SSSR count). The second-order valence-corrected chi connectivity index (χ2v) is 8.89. The van der Waals surface area contributed by atoms with E-state index in [1.807, 2.05) is 6.07 Å². The monoisotopic (exact) mass is 464 g/mol. The number of carbonyl (C=O) groups excluding carboxylic acids is 2. The van der Waals surface area contributed by atoms with Crippen LogP contribution < -0.4 is 5.32 Å². The number of halogens is 3. The van der Waals surface area contributed by atoms with Gasteiger partial charge >= 0.3 is 0 Å². The van der Waals surface area contributed by atoms with E-state index >= 15 is 0 Å². The minimum absolute atomic E-state index is 0.130. The highest BCUT2D eigenvalue weighted by Crippen LogP contribution is 2.23. The summed E-state index contributed by atoms with van der Waals surface area (Å²) in [5.41, 5.74) is 0.919. The van der Waals surface area contributed by atoms with Crippen molar-refractivity contribution in [2.45, 2.75) is 64.1 Å². The molecule has 1 fully saturated rings. The van der Waals surface area contributed by atoms with E-state index in [1.54, 1.807) is 31.2 Å². The number of benzene rings is 2. The molecule has 0 saturated heterocycles. The third-order valence-electron chi connectivity index (χ3n) is 5.75. The van der Waals surface area contributed by atoms with Gasteiger partial charge in [0.1, 0.15) is 11.9 Å². The first-order valence-corrected chi connectivity index (χ1v) is 11.4. The van der Waals surface area contributed by atoms with Gasteiger partial charge in [-0.25, -0.2) is 4.39 Å². The molecule has 1 aliphatic rings. The molecule has 1 atom stereocenters. The first kappa shape index (κ1) is 23.6. The van der Waals surface area contributed by atoms with Crippen LogP contribution in [0.5, 0.6) is 0 Å². The van der Waals surface area contributed by atoms with Gasteiger partial charge in [-0.3, -0.25) is 9.59 Å². The summed E-state index contributed by atoms with van der Waals surface area (Å²) in [5.74, 6) is -1.12. The van der Waals surface area contributed by atoms with E-state index in [1.165, 1.54) is 23.5 Å². The Morgan fingerprint density at radius 1 is 1.13 bits per heavy atom. The normalized spacial score (nSPS) is 15.4. The van der Waals surface area contributed by atoms with Crippen LogP contribution in [0.2, 0.25) is 10.0 Å². The van der Waals surface area contributed by atoms with E-state index in [9.17, 15) is 14.0 Å². The van der Waals surface area contributed by atoms with Gasteiger partial charge in [0.05, 0.1) is 6.42 Å². The molecule has 0 bridgehead atoms. The molecule has 1 N–H and O–H groups in total. The zero-order valence-corrected chi connectivity index (χ0v) is 19.1. The summed E-state index contributed by atoms with van der Waals surface area (Å²) in [5, 5.41) is 3.81. The number of nitrogens with zero attached hydrogens (tertiary/aromatic N) is 1. The van der Waals surface area contributed by atoms with Crippen LogP contribution in [0.4, 0.5) is 4.39 Å².